The van der Waals surface area contributed by atoms with Crippen molar-refractivity contribution in [1.82, 2.24) is 14.9 Å². The highest BCUT2D eigenvalue weighted by Gasteiger charge is 2.18. The van der Waals surface area contributed by atoms with E-state index in [9.17, 15) is 0 Å². The average Bonchev–Trinajstić information content (AvgIpc) is 3.48. The number of rotatable bonds is 5. The minimum Gasteiger partial charge on any atom is -0.489 e. The summed E-state index contributed by atoms with van der Waals surface area (Å²) in [7, 11) is 0. The van der Waals surface area contributed by atoms with Crippen molar-refractivity contribution < 1.29 is 4.74 Å². The van der Waals surface area contributed by atoms with E-state index in [1.807, 2.05) is 0 Å². The van der Waals surface area contributed by atoms with Gasteiger partial charge in [0.2, 0.25) is 0 Å². The average molecular weight is 541 g/mol. The van der Waals surface area contributed by atoms with Gasteiger partial charge >= 0.3 is 0 Å². The quantitative estimate of drug-likeness (QED) is 0.229. The van der Waals surface area contributed by atoms with Gasteiger partial charge in [-0.25, -0.2) is 0 Å². The molecular weight excluding hydrogens is 518 g/mol. The molecule has 2 aromatic heterocycles. The third-order valence-electron chi connectivity index (χ3n) is 6.41. The smallest absolute Gasteiger partial charge is 0.167 e. The number of hydrogen-bond acceptors (Lipinski definition) is 2. The van der Waals surface area contributed by atoms with Gasteiger partial charge in [-0.1, -0.05) is 31.9 Å². The second kappa shape index (κ2) is 7.84. The number of benzene rings is 3. The molecule has 31 heavy (non-hydrogen) atoms. The topological polar surface area (TPSA) is 44.0 Å². The Balaban J connectivity index is 1.50. The Hall–Kier alpha value is -2.02. The molecule has 6 rings (SSSR count). The van der Waals surface area contributed by atoms with Crippen LogP contribution in [0.5, 0.6) is 5.75 Å². The highest BCUT2D eigenvalue weighted by molar-refractivity contribution is 9.10. The van der Waals surface area contributed by atoms with Gasteiger partial charge in [-0.3, -0.25) is 0 Å². The van der Waals surface area contributed by atoms with Gasteiger partial charge in [0.1, 0.15) is 0 Å². The van der Waals surface area contributed by atoms with E-state index in [2.05, 4.69) is 89.2 Å². The van der Waals surface area contributed by atoms with Crippen LogP contribution in [0.2, 0.25) is 0 Å². The van der Waals surface area contributed by atoms with Crippen LogP contribution in [-0.2, 0) is 0 Å². The number of ether oxygens (including phenoxy) is 1. The lowest BCUT2D eigenvalue weighted by Crippen LogP contribution is -2.21. The second-order valence-corrected chi connectivity index (χ2v) is 10.3. The van der Waals surface area contributed by atoms with Crippen LogP contribution in [0.4, 0.5) is 0 Å². The van der Waals surface area contributed by atoms with Crippen LogP contribution >= 0.6 is 31.9 Å². The summed E-state index contributed by atoms with van der Waals surface area (Å²) in [6.07, 6.45) is 3.70. The van der Waals surface area contributed by atoms with E-state index < -0.39 is 0 Å². The highest BCUT2D eigenvalue weighted by Crippen LogP contribution is 2.41. The number of nitrogens with zero attached hydrogens (tertiary/aromatic N) is 1. The third kappa shape index (κ3) is 3.45. The number of H-pyrrole nitrogens is 2. The third-order valence-corrected chi connectivity index (χ3v) is 7.39. The highest BCUT2D eigenvalue weighted by atomic mass is 79.9. The van der Waals surface area contributed by atoms with Crippen LogP contribution in [0.25, 0.3) is 43.6 Å². The first-order valence-electron chi connectivity index (χ1n) is 10.9. The fraction of sp³-hybridized carbons (Fsp3) is 0.280. The number of nitrogens with one attached hydrogen (secondary N) is 2. The zero-order valence-electron chi connectivity index (χ0n) is 17.1. The normalized spacial score (nSPS) is 15.2. The van der Waals surface area contributed by atoms with E-state index in [1.165, 1.54) is 47.5 Å². The molecule has 158 valence electrons. The van der Waals surface area contributed by atoms with E-state index in [0.29, 0.717) is 6.61 Å². The molecular formula is C25H23Br2N3O. The van der Waals surface area contributed by atoms with Gasteiger partial charge in [0.15, 0.2) is 5.75 Å². The predicted octanol–water partition coefficient (Wildman–Crippen LogP) is 7.35. The van der Waals surface area contributed by atoms with Crippen molar-refractivity contribution in [2.45, 2.75) is 19.3 Å². The van der Waals surface area contributed by atoms with Gasteiger partial charge in [-0.2, -0.15) is 0 Å². The number of fused-ring (bicyclic) bond motifs is 6. The van der Waals surface area contributed by atoms with Crippen molar-refractivity contribution in [2.75, 3.05) is 26.2 Å². The molecule has 4 nitrogen and oxygen atoms in total. The minimum atomic E-state index is 0.711. The van der Waals surface area contributed by atoms with E-state index >= 15 is 0 Å². The molecule has 3 aromatic carbocycles. The Bertz CT molecular complexity index is 1330. The molecule has 1 aliphatic rings. The molecule has 3 heterocycles. The van der Waals surface area contributed by atoms with E-state index in [-0.39, 0.29) is 0 Å². The Morgan fingerprint density at radius 2 is 1.35 bits per heavy atom. The Kier molecular flexibility index (Phi) is 4.97. The van der Waals surface area contributed by atoms with Crippen molar-refractivity contribution in [3.63, 3.8) is 0 Å². The lowest BCUT2D eigenvalue weighted by Gasteiger charge is -2.15. The molecule has 0 aliphatic carbocycles. The summed E-state index contributed by atoms with van der Waals surface area (Å²) in [5.74, 6) is 0.925. The standard InChI is InChI=1S/C25H23Br2N3O/c26-15-4-6-21-17(12-15)19-14-20-18-13-16(27)5-7-22(18)29-24(20)25(23(19)28-21)31-11-3-10-30-8-1-2-9-30/h4-7,12-14,28-29H,1-3,8-11H2. The lowest BCUT2D eigenvalue weighted by molar-refractivity contribution is 0.266. The van der Waals surface area contributed by atoms with Crippen molar-refractivity contribution in [3.05, 3.63) is 51.4 Å². The summed E-state index contributed by atoms with van der Waals surface area (Å²) in [6, 6.07) is 15.1. The Morgan fingerprint density at radius 1 is 0.774 bits per heavy atom. The molecule has 1 aliphatic heterocycles. The molecule has 0 bridgehead atoms. The molecule has 0 radical (unpaired) electrons. The molecule has 0 atom stereocenters. The maximum absolute atomic E-state index is 6.50. The van der Waals surface area contributed by atoms with Crippen LogP contribution in [0, 0.1) is 0 Å². The molecule has 0 amide bonds. The van der Waals surface area contributed by atoms with E-state index in [4.69, 9.17) is 4.74 Å². The fourth-order valence-corrected chi connectivity index (χ4v) is 5.63. The summed E-state index contributed by atoms with van der Waals surface area (Å²) in [4.78, 5) is 9.78. The molecule has 2 N–H and O–H groups in total. The summed E-state index contributed by atoms with van der Waals surface area (Å²) >= 11 is 7.27. The second-order valence-electron chi connectivity index (χ2n) is 8.43. The first-order chi connectivity index (χ1) is 15.2. The molecule has 0 saturated carbocycles. The molecule has 0 unspecified atom stereocenters. The van der Waals surface area contributed by atoms with Crippen LogP contribution in [0.1, 0.15) is 19.3 Å². The van der Waals surface area contributed by atoms with Crippen LogP contribution in [-0.4, -0.2) is 41.1 Å². The number of aromatic nitrogens is 2. The lowest BCUT2D eigenvalue weighted by atomic mass is 10.1. The molecule has 1 saturated heterocycles. The number of hydrogen-bond donors (Lipinski definition) is 2. The van der Waals surface area contributed by atoms with Gasteiger partial charge in [-0.15, -0.1) is 0 Å². The van der Waals surface area contributed by atoms with Crippen molar-refractivity contribution in [3.8, 4) is 5.75 Å². The van der Waals surface area contributed by atoms with Crippen LogP contribution in [0.15, 0.2) is 51.4 Å². The van der Waals surface area contributed by atoms with Gasteiger partial charge in [0.25, 0.3) is 0 Å². The van der Waals surface area contributed by atoms with E-state index in [0.717, 1.165) is 49.7 Å². The number of aromatic amines is 2. The van der Waals surface area contributed by atoms with Crippen molar-refractivity contribution in [2.24, 2.45) is 0 Å². The molecule has 0 spiro atoms. The summed E-state index contributed by atoms with van der Waals surface area (Å²) in [6.45, 7) is 4.28. The van der Waals surface area contributed by atoms with E-state index in [1.54, 1.807) is 0 Å². The zero-order valence-corrected chi connectivity index (χ0v) is 20.3. The minimum absolute atomic E-state index is 0.711. The predicted molar refractivity (Wildman–Crippen MR) is 136 cm³/mol. The van der Waals surface area contributed by atoms with Crippen molar-refractivity contribution in [1.29, 1.82) is 0 Å². The maximum atomic E-state index is 6.50. The Morgan fingerprint density at radius 3 is 1.94 bits per heavy atom. The first-order valence-corrected chi connectivity index (χ1v) is 12.5. The summed E-state index contributed by atoms with van der Waals surface area (Å²) in [5, 5.41) is 4.80. The van der Waals surface area contributed by atoms with Crippen LogP contribution < -0.4 is 4.74 Å². The zero-order chi connectivity index (χ0) is 20.9. The first kappa shape index (κ1) is 19.6. The fourth-order valence-electron chi connectivity index (χ4n) is 4.91. The molecule has 5 aromatic rings. The van der Waals surface area contributed by atoms with Crippen LogP contribution in [0.3, 0.4) is 0 Å². The summed E-state index contributed by atoms with van der Waals surface area (Å²) in [5.41, 5.74) is 4.37. The molecule has 6 heteroatoms. The van der Waals surface area contributed by atoms with Gasteiger partial charge in [-0.05, 0) is 74.8 Å². The monoisotopic (exact) mass is 539 g/mol. The molecule has 1 fully saturated rings. The van der Waals surface area contributed by atoms with Gasteiger partial charge < -0.3 is 19.6 Å². The number of halogens is 2. The van der Waals surface area contributed by atoms with Crippen molar-refractivity contribution >= 4 is 75.5 Å². The SMILES string of the molecule is Brc1ccc2[nH]c3c(OCCCN4CCCC4)c4[nH]c5ccc(Br)cc5c4cc3c2c1. The number of likely N-dealkylation sites (tertiary alicyclic amines) is 1. The van der Waals surface area contributed by atoms with Gasteiger partial charge in [0.05, 0.1) is 17.6 Å². The maximum Gasteiger partial charge on any atom is 0.167 e. The van der Waals surface area contributed by atoms with Gasteiger partial charge in [0, 0.05) is 48.1 Å². The largest absolute Gasteiger partial charge is 0.489 e. The Labute approximate surface area is 197 Å². The summed E-state index contributed by atoms with van der Waals surface area (Å²) < 4.78 is 8.66.